The van der Waals surface area contributed by atoms with Gasteiger partial charge in [-0.25, -0.2) is 21.2 Å². The molecule has 0 bridgehead atoms. The Bertz CT molecular complexity index is 1200. The second-order valence-corrected chi connectivity index (χ2v) is 12.7. The second-order valence-electron chi connectivity index (χ2n) is 8.23. The van der Waals surface area contributed by atoms with Crippen molar-refractivity contribution >= 4 is 31.5 Å². The van der Waals surface area contributed by atoms with Crippen LogP contribution in [-0.2, 0) is 34.6 Å². The Morgan fingerprint density at radius 1 is 1.16 bits per heavy atom. The van der Waals surface area contributed by atoms with E-state index in [0.717, 1.165) is 32.2 Å². The summed E-state index contributed by atoms with van der Waals surface area (Å²) in [7, 11) is -6.75. The largest absolute Gasteiger partial charge is 0.384 e. The highest BCUT2D eigenvalue weighted by Gasteiger charge is 2.45. The Morgan fingerprint density at radius 3 is 2.29 bits per heavy atom. The minimum atomic E-state index is -4.54. The number of aromatic nitrogens is 1. The molecule has 0 unspecified atom stereocenters. The molecule has 1 N–H and O–H groups in total. The zero-order chi connectivity index (χ0) is 23.8. The predicted octanol–water partition coefficient (Wildman–Crippen LogP) is 2.33. The number of rotatable bonds is 8. The summed E-state index contributed by atoms with van der Waals surface area (Å²) < 4.78 is 71.7. The Morgan fingerprint density at radius 2 is 1.77 bits per heavy atom. The van der Waals surface area contributed by atoms with Crippen LogP contribution in [-0.4, -0.2) is 52.6 Å². The molecule has 1 heterocycles. The van der Waals surface area contributed by atoms with Crippen LogP contribution in [0.1, 0.15) is 33.4 Å². The van der Waals surface area contributed by atoms with Gasteiger partial charge in [-0.1, -0.05) is 19.0 Å². The summed E-state index contributed by atoms with van der Waals surface area (Å²) in [5.74, 6) is -2.33. The van der Waals surface area contributed by atoms with Crippen LogP contribution in [0.5, 0.6) is 0 Å². The van der Waals surface area contributed by atoms with Crippen molar-refractivity contribution in [2.24, 2.45) is 0 Å². The fourth-order valence-corrected chi connectivity index (χ4v) is 4.72. The van der Waals surface area contributed by atoms with E-state index in [1.165, 1.54) is 13.2 Å². The third-order valence-corrected chi connectivity index (χ3v) is 8.33. The molecule has 0 saturated heterocycles. The van der Waals surface area contributed by atoms with E-state index < -0.39 is 46.5 Å². The molecule has 1 aromatic heterocycles. The van der Waals surface area contributed by atoms with E-state index in [1.54, 1.807) is 0 Å². The molecule has 31 heavy (non-hydrogen) atoms. The molecule has 0 atom stereocenters. The number of hydrogen-bond donors (Lipinski definition) is 1. The van der Waals surface area contributed by atoms with E-state index in [0.29, 0.717) is 18.4 Å². The summed E-state index contributed by atoms with van der Waals surface area (Å²) >= 11 is 0. The van der Waals surface area contributed by atoms with Crippen molar-refractivity contribution < 1.29 is 35.3 Å². The number of nitrogens with one attached hydrogen (secondary N) is 1. The zero-order valence-corrected chi connectivity index (χ0v) is 19.6. The van der Waals surface area contributed by atoms with Crippen molar-refractivity contribution in [3.63, 3.8) is 0 Å². The van der Waals surface area contributed by atoms with Crippen LogP contribution < -0.4 is 5.32 Å². The van der Waals surface area contributed by atoms with Crippen molar-refractivity contribution in [1.82, 2.24) is 5.16 Å². The molecule has 1 aromatic carbocycles. The van der Waals surface area contributed by atoms with E-state index in [2.05, 4.69) is 10.5 Å². The molecule has 2 rings (SSSR count). The van der Waals surface area contributed by atoms with Crippen molar-refractivity contribution in [2.45, 2.75) is 47.6 Å². The van der Waals surface area contributed by atoms with Crippen molar-refractivity contribution in [3.8, 4) is 0 Å². The summed E-state index contributed by atoms with van der Waals surface area (Å²) in [5.41, 5.74) is -0.0412. The lowest BCUT2D eigenvalue weighted by atomic mass is 9.90. The highest BCUT2D eigenvalue weighted by molar-refractivity contribution is 7.93. The number of carbonyl (C=O) groups excluding carboxylic acids is 1. The van der Waals surface area contributed by atoms with Crippen molar-refractivity contribution in [2.75, 3.05) is 25.3 Å². The van der Waals surface area contributed by atoms with Gasteiger partial charge in [0.25, 0.3) is 0 Å². The molecule has 2 aromatic rings. The second kappa shape index (κ2) is 8.32. The third-order valence-electron chi connectivity index (χ3n) is 4.79. The maximum absolute atomic E-state index is 14.5. The van der Waals surface area contributed by atoms with Gasteiger partial charge in [0.1, 0.15) is 15.5 Å². The van der Waals surface area contributed by atoms with Crippen LogP contribution in [0, 0.1) is 5.82 Å². The SMILES string of the molecule is COCC(C)(C)c1cc(NC(=O)C(C)(C)S(=O)(=O)c2ccc(S(C)(=O)=O)cc2F)on1. The number of benzene rings is 1. The Labute approximate surface area is 180 Å². The van der Waals surface area contributed by atoms with E-state index in [4.69, 9.17) is 9.26 Å². The van der Waals surface area contributed by atoms with Crippen LogP contribution in [0.15, 0.2) is 38.6 Å². The first kappa shape index (κ1) is 25.0. The third kappa shape index (κ3) is 4.96. The Hall–Kier alpha value is -2.31. The fraction of sp³-hybridized carbons (Fsp3) is 0.474. The van der Waals surface area contributed by atoms with E-state index in [9.17, 15) is 26.0 Å². The molecule has 1 amide bonds. The molecule has 0 aliphatic heterocycles. The van der Waals surface area contributed by atoms with E-state index in [1.807, 2.05) is 13.8 Å². The molecule has 0 aliphatic carbocycles. The average Bonchev–Trinajstić information content (AvgIpc) is 3.09. The lowest BCUT2D eigenvalue weighted by Crippen LogP contribution is -2.44. The molecule has 0 fully saturated rings. The predicted molar refractivity (Wildman–Crippen MR) is 111 cm³/mol. The molecule has 0 radical (unpaired) electrons. The van der Waals surface area contributed by atoms with Gasteiger partial charge in [0.15, 0.2) is 19.7 Å². The number of carbonyl (C=O) groups is 1. The normalized spacial score (nSPS) is 13.3. The molecule has 0 aliphatic rings. The van der Waals surface area contributed by atoms with E-state index in [-0.39, 0.29) is 10.8 Å². The maximum atomic E-state index is 14.5. The topological polar surface area (TPSA) is 133 Å². The van der Waals surface area contributed by atoms with Gasteiger partial charge < -0.3 is 9.26 Å². The molecule has 9 nitrogen and oxygen atoms in total. The van der Waals surface area contributed by atoms with Crippen molar-refractivity contribution in [3.05, 3.63) is 35.8 Å². The number of sulfone groups is 2. The molecule has 172 valence electrons. The first-order valence-electron chi connectivity index (χ1n) is 9.06. The van der Waals surface area contributed by atoms with Crippen LogP contribution >= 0.6 is 0 Å². The van der Waals surface area contributed by atoms with Crippen LogP contribution in [0.25, 0.3) is 0 Å². The standard InChI is InChI=1S/C19H25FN2O7S2/c1-18(2,11-28-5)15-10-16(29-22-15)21-17(23)19(3,4)31(26,27)14-8-7-12(9-13(14)20)30(6,24)25/h7-10H,11H2,1-6H3,(H,21,23). The lowest BCUT2D eigenvalue weighted by molar-refractivity contribution is -0.118. The van der Waals surface area contributed by atoms with Gasteiger partial charge >= 0.3 is 0 Å². The Kier molecular flexibility index (Phi) is 6.70. The van der Waals surface area contributed by atoms with Crippen LogP contribution in [0.4, 0.5) is 10.3 Å². The van der Waals surface area contributed by atoms with Crippen molar-refractivity contribution in [1.29, 1.82) is 0 Å². The molecule has 12 heteroatoms. The van der Waals surface area contributed by atoms with Gasteiger partial charge in [0.2, 0.25) is 11.8 Å². The number of nitrogens with zero attached hydrogens (tertiary/aromatic N) is 1. The quantitative estimate of drug-likeness (QED) is 0.614. The summed E-state index contributed by atoms with van der Waals surface area (Å²) in [5, 5.41) is 6.21. The van der Waals surface area contributed by atoms with Gasteiger partial charge in [-0.2, -0.15) is 0 Å². The van der Waals surface area contributed by atoms with Crippen LogP contribution in [0.2, 0.25) is 0 Å². The highest BCUT2D eigenvalue weighted by Crippen LogP contribution is 2.31. The first-order valence-corrected chi connectivity index (χ1v) is 12.4. The lowest BCUT2D eigenvalue weighted by Gasteiger charge is -2.23. The van der Waals surface area contributed by atoms with Gasteiger partial charge in [-0.05, 0) is 32.0 Å². The van der Waals surface area contributed by atoms with Crippen LogP contribution in [0.3, 0.4) is 0 Å². The molecule has 0 spiro atoms. The number of anilines is 1. The average molecular weight is 477 g/mol. The Balaban J connectivity index is 2.34. The zero-order valence-electron chi connectivity index (χ0n) is 18.0. The summed E-state index contributed by atoms with van der Waals surface area (Å²) in [6.07, 6.45) is 0.868. The number of methoxy groups -OCH3 is 1. The monoisotopic (exact) mass is 476 g/mol. The molecular formula is C19H25FN2O7S2. The van der Waals surface area contributed by atoms with Gasteiger partial charge in [-0.3, -0.25) is 10.1 Å². The summed E-state index contributed by atoms with van der Waals surface area (Å²) in [4.78, 5) is 11.6. The van der Waals surface area contributed by atoms with Gasteiger partial charge in [0.05, 0.1) is 17.2 Å². The number of halogens is 1. The number of hydrogen-bond acceptors (Lipinski definition) is 8. The smallest absolute Gasteiger partial charge is 0.248 e. The van der Waals surface area contributed by atoms with Gasteiger partial charge in [0, 0.05) is 24.8 Å². The summed E-state index contributed by atoms with van der Waals surface area (Å²) in [6.45, 7) is 6.23. The minimum absolute atomic E-state index is 0.0830. The maximum Gasteiger partial charge on any atom is 0.248 e. The molecular weight excluding hydrogens is 451 g/mol. The fourth-order valence-electron chi connectivity index (χ4n) is 2.68. The van der Waals surface area contributed by atoms with Gasteiger partial charge in [-0.15, -0.1) is 0 Å². The summed E-state index contributed by atoms with van der Waals surface area (Å²) in [6, 6.07) is 3.85. The first-order chi connectivity index (χ1) is 14.0. The highest BCUT2D eigenvalue weighted by atomic mass is 32.2. The minimum Gasteiger partial charge on any atom is -0.384 e. The van der Waals surface area contributed by atoms with E-state index >= 15 is 0 Å². The number of amides is 1. The molecule has 0 saturated carbocycles. The number of ether oxygens (including phenoxy) is 1.